The average molecular weight is 347 g/mol. The van der Waals surface area contributed by atoms with Gasteiger partial charge < -0.3 is 15.0 Å². The van der Waals surface area contributed by atoms with Crippen molar-refractivity contribution < 1.29 is 19.2 Å². The number of allylic oxidation sites excluding steroid dienone is 1. The van der Waals surface area contributed by atoms with Crippen molar-refractivity contribution in [3.8, 4) is 0 Å². The molecule has 1 atom stereocenters. The lowest BCUT2D eigenvalue weighted by Crippen LogP contribution is -2.46. The van der Waals surface area contributed by atoms with Crippen LogP contribution in [-0.4, -0.2) is 35.5 Å². The summed E-state index contributed by atoms with van der Waals surface area (Å²) < 4.78 is 5.33. The molecule has 0 radical (unpaired) electrons. The summed E-state index contributed by atoms with van der Waals surface area (Å²) in [5, 5.41) is 13.5. The number of amides is 2. The zero-order valence-corrected chi connectivity index (χ0v) is 14.6. The molecule has 0 fully saturated rings. The number of nitrogens with one attached hydrogen (secondary N) is 1. The normalized spacial score (nSPS) is 17.6. The number of ether oxygens (including phenoxy) is 1. The highest BCUT2D eigenvalue weighted by molar-refractivity contribution is 5.95. The fourth-order valence-electron chi connectivity index (χ4n) is 2.46. The van der Waals surface area contributed by atoms with E-state index in [4.69, 9.17) is 4.74 Å². The van der Waals surface area contributed by atoms with Gasteiger partial charge in [0, 0.05) is 24.9 Å². The van der Waals surface area contributed by atoms with Gasteiger partial charge in [0.1, 0.15) is 0 Å². The number of benzene rings is 1. The zero-order chi connectivity index (χ0) is 18.7. The number of hydrogen-bond acceptors (Lipinski definition) is 5. The van der Waals surface area contributed by atoms with Gasteiger partial charge in [-0.05, 0) is 30.5 Å². The van der Waals surface area contributed by atoms with Crippen LogP contribution in [0.3, 0.4) is 0 Å². The molecule has 1 aliphatic rings. The highest BCUT2D eigenvalue weighted by Crippen LogP contribution is 2.31. The van der Waals surface area contributed by atoms with Gasteiger partial charge in [0.25, 0.3) is 5.69 Å². The fourth-order valence-corrected chi connectivity index (χ4v) is 2.46. The predicted octanol–water partition coefficient (Wildman–Crippen LogP) is 2.76. The number of nitro groups is 1. The quantitative estimate of drug-likeness (QED) is 0.501. The number of nitrogens with zero attached hydrogens (tertiary/aromatic N) is 2. The van der Waals surface area contributed by atoms with Crippen LogP contribution in [0, 0.1) is 16.0 Å². The number of carbonyl (C=O) groups is 2. The molecule has 0 aromatic heterocycles. The summed E-state index contributed by atoms with van der Waals surface area (Å²) in [5.74, 6) is -0.333. The first kappa shape index (κ1) is 18.4. The van der Waals surface area contributed by atoms with Crippen LogP contribution in [-0.2, 0) is 9.53 Å². The molecule has 0 bridgehead atoms. The van der Waals surface area contributed by atoms with E-state index in [0.717, 1.165) is 0 Å². The van der Waals surface area contributed by atoms with Gasteiger partial charge >= 0.3 is 12.0 Å². The van der Waals surface area contributed by atoms with Crippen LogP contribution in [0.5, 0.6) is 0 Å². The SMILES string of the molecule is CC1=C(C(=O)OCC(C)C)[C@H](c2ccc([N+](=O)[O-])cc2)NC(=O)N1C. The Hall–Kier alpha value is -2.90. The highest BCUT2D eigenvalue weighted by atomic mass is 16.6. The van der Waals surface area contributed by atoms with E-state index in [1.54, 1.807) is 14.0 Å². The Morgan fingerprint density at radius 1 is 1.36 bits per heavy atom. The van der Waals surface area contributed by atoms with Crippen molar-refractivity contribution in [2.45, 2.75) is 26.8 Å². The van der Waals surface area contributed by atoms with Crippen LogP contribution in [0.25, 0.3) is 0 Å². The molecule has 8 nitrogen and oxygen atoms in total. The third kappa shape index (κ3) is 3.96. The van der Waals surface area contributed by atoms with Gasteiger partial charge in [-0.3, -0.25) is 10.1 Å². The molecular formula is C17H21N3O5. The first-order valence-electron chi connectivity index (χ1n) is 7.88. The zero-order valence-electron chi connectivity index (χ0n) is 14.6. The number of rotatable bonds is 5. The molecule has 1 aromatic rings. The number of non-ortho nitro benzene ring substituents is 1. The van der Waals surface area contributed by atoms with Gasteiger partial charge in [-0.1, -0.05) is 13.8 Å². The molecule has 1 N–H and O–H groups in total. The molecule has 8 heteroatoms. The number of hydrogen-bond donors (Lipinski definition) is 1. The first-order valence-corrected chi connectivity index (χ1v) is 7.88. The van der Waals surface area contributed by atoms with Gasteiger partial charge in [0.05, 0.1) is 23.1 Å². The lowest BCUT2D eigenvalue weighted by molar-refractivity contribution is -0.384. The van der Waals surface area contributed by atoms with E-state index in [1.165, 1.54) is 29.2 Å². The Morgan fingerprint density at radius 2 is 1.96 bits per heavy atom. The van der Waals surface area contributed by atoms with Crippen LogP contribution in [0.4, 0.5) is 10.5 Å². The Labute approximate surface area is 145 Å². The molecule has 2 rings (SSSR count). The summed E-state index contributed by atoms with van der Waals surface area (Å²) in [6.45, 7) is 5.79. The predicted molar refractivity (Wildman–Crippen MR) is 90.6 cm³/mol. The lowest BCUT2D eigenvalue weighted by Gasteiger charge is -2.33. The molecule has 0 saturated carbocycles. The second kappa shape index (κ2) is 7.33. The molecule has 25 heavy (non-hydrogen) atoms. The standard InChI is InChI=1S/C17H21N3O5/c1-10(2)9-25-16(21)14-11(3)19(4)17(22)18-15(14)12-5-7-13(8-6-12)20(23)24/h5-8,10,15H,9H2,1-4H3,(H,18,22)/t15-/m0/s1. The minimum Gasteiger partial charge on any atom is -0.462 e. The Balaban J connectivity index is 2.40. The number of urea groups is 1. The lowest BCUT2D eigenvalue weighted by atomic mass is 9.95. The fraction of sp³-hybridized carbons (Fsp3) is 0.412. The number of nitro benzene ring substituents is 1. The second-order valence-corrected chi connectivity index (χ2v) is 6.28. The Morgan fingerprint density at radius 3 is 2.48 bits per heavy atom. The van der Waals surface area contributed by atoms with Crippen LogP contribution in [0.2, 0.25) is 0 Å². The Kier molecular flexibility index (Phi) is 5.41. The van der Waals surface area contributed by atoms with Crippen LogP contribution in [0.15, 0.2) is 35.5 Å². The maximum Gasteiger partial charge on any atom is 0.338 e. The summed E-state index contributed by atoms with van der Waals surface area (Å²) >= 11 is 0. The van der Waals surface area contributed by atoms with Crippen molar-refractivity contribution in [2.24, 2.45) is 5.92 Å². The molecule has 1 aromatic carbocycles. The largest absolute Gasteiger partial charge is 0.462 e. The molecule has 0 unspecified atom stereocenters. The molecule has 1 aliphatic heterocycles. The topological polar surface area (TPSA) is 102 Å². The molecule has 1 heterocycles. The maximum absolute atomic E-state index is 12.6. The second-order valence-electron chi connectivity index (χ2n) is 6.28. The third-order valence-corrected chi connectivity index (χ3v) is 3.96. The van der Waals surface area contributed by atoms with E-state index in [2.05, 4.69) is 5.32 Å². The van der Waals surface area contributed by atoms with Crippen molar-refractivity contribution in [1.82, 2.24) is 10.2 Å². The van der Waals surface area contributed by atoms with E-state index in [0.29, 0.717) is 16.8 Å². The first-order chi connectivity index (χ1) is 11.7. The third-order valence-electron chi connectivity index (χ3n) is 3.96. The monoisotopic (exact) mass is 347 g/mol. The molecule has 0 saturated heterocycles. The van der Waals surface area contributed by atoms with Gasteiger partial charge in [0.2, 0.25) is 0 Å². The van der Waals surface area contributed by atoms with Gasteiger partial charge in [-0.2, -0.15) is 0 Å². The van der Waals surface area contributed by atoms with Gasteiger partial charge in [-0.15, -0.1) is 0 Å². The van der Waals surface area contributed by atoms with Crippen molar-refractivity contribution in [1.29, 1.82) is 0 Å². The van der Waals surface area contributed by atoms with Crippen molar-refractivity contribution in [3.63, 3.8) is 0 Å². The van der Waals surface area contributed by atoms with Gasteiger partial charge in [0.15, 0.2) is 0 Å². The van der Waals surface area contributed by atoms with Crippen LogP contribution in [0.1, 0.15) is 32.4 Å². The van der Waals surface area contributed by atoms with E-state index in [9.17, 15) is 19.7 Å². The summed E-state index contributed by atoms with van der Waals surface area (Å²) in [4.78, 5) is 36.3. The summed E-state index contributed by atoms with van der Waals surface area (Å²) in [6.07, 6.45) is 0. The molecule has 0 aliphatic carbocycles. The van der Waals surface area contributed by atoms with Crippen LogP contribution >= 0.6 is 0 Å². The molecule has 0 spiro atoms. The number of esters is 1. The Bertz CT molecular complexity index is 724. The molecular weight excluding hydrogens is 326 g/mol. The smallest absolute Gasteiger partial charge is 0.338 e. The minimum absolute atomic E-state index is 0.0624. The summed E-state index contributed by atoms with van der Waals surface area (Å²) in [7, 11) is 1.56. The van der Waals surface area contributed by atoms with Crippen molar-refractivity contribution in [3.05, 3.63) is 51.2 Å². The summed E-state index contributed by atoms with van der Waals surface area (Å²) in [6, 6.07) is 4.65. The average Bonchev–Trinajstić information content (AvgIpc) is 2.57. The maximum atomic E-state index is 12.6. The molecule has 2 amide bonds. The van der Waals surface area contributed by atoms with Crippen LogP contribution < -0.4 is 5.32 Å². The van der Waals surface area contributed by atoms with E-state index >= 15 is 0 Å². The number of carbonyl (C=O) groups excluding carboxylic acids is 2. The van der Waals surface area contributed by atoms with E-state index in [1.807, 2.05) is 13.8 Å². The summed E-state index contributed by atoms with van der Waals surface area (Å²) in [5.41, 5.74) is 1.31. The van der Waals surface area contributed by atoms with Crippen molar-refractivity contribution in [2.75, 3.05) is 13.7 Å². The highest BCUT2D eigenvalue weighted by Gasteiger charge is 2.35. The minimum atomic E-state index is -0.718. The van der Waals surface area contributed by atoms with Gasteiger partial charge in [-0.25, -0.2) is 9.59 Å². The van der Waals surface area contributed by atoms with E-state index in [-0.39, 0.29) is 24.2 Å². The molecule has 134 valence electrons. The van der Waals surface area contributed by atoms with Crippen molar-refractivity contribution >= 4 is 17.7 Å². The van der Waals surface area contributed by atoms with E-state index < -0.39 is 16.9 Å².